The molecule has 1 atom stereocenters. The van der Waals surface area contributed by atoms with Crippen molar-refractivity contribution < 1.29 is 19.4 Å². The van der Waals surface area contributed by atoms with Gasteiger partial charge in [-0.05, 0) is 30.0 Å². The molecule has 8 heteroatoms. The first-order valence-electron chi connectivity index (χ1n) is 10.4. The Bertz CT molecular complexity index is 1020. The number of hydrogen-bond acceptors (Lipinski definition) is 5. The molecule has 1 amide bonds. The maximum absolute atomic E-state index is 13.3. The Morgan fingerprint density at radius 2 is 1.75 bits per heavy atom. The van der Waals surface area contributed by atoms with Crippen molar-refractivity contribution in [1.82, 2.24) is 14.9 Å². The summed E-state index contributed by atoms with van der Waals surface area (Å²) in [6.07, 6.45) is 0.660. The molecule has 2 N–H and O–H groups in total. The number of amides is 1. The zero-order chi connectivity index (χ0) is 22.9. The third-order valence-corrected chi connectivity index (χ3v) is 5.69. The van der Waals surface area contributed by atoms with E-state index in [0.717, 1.165) is 10.5 Å². The van der Waals surface area contributed by atoms with E-state index in [2.05, 4.69) is 10.3 Å². The molecule has 0 fully saturated rings. The Morgan fingerprint density at radius 1 is 1.09 bits per heavy atom. The van der Waals surface area contributed by atoms with Gasteiger partial charge in [0.15, 0.2) is 5.16 Å². The quantitative estimate of drug-likeness (QED) is 0.394. The van der Waals surface area contributed by atoms with Crippen molar-refractivity contribution in [1.29, 1.82) is 0 Å². The van der Waals surface area contributed by atoms with Crippen LogP contribution >= 0.6 is 11.8 Å². The number of carbonyl (C=O) groups excluding carboxylic acids is 1. The Morgan fingerprint density at radius 3 is 2.38 bits per heavy atom. The van der Waals surface area contributed by atoms with Crippen molar-refractivity contribution in [3.8, 4) is 0 Å². The van der Waals surface area contributed by atoms with E-state index in [0.29, 0.717) is 23.9 Å². The zero-order valence-electron chi connectivity index (χ0n) is 18.1. The summed E-state index contributed by atoms with van der Waals surface area (Å²) in [5, 5.41) is 12.2. The van der Waals surface area contributed by atoms with Gasteiger partial charge in [-0.25, -0.2) is 9.78 Å². The lowest BCUT2D eigenvalue weighted by atomic mass is 9.99. The first-order chi connectivity index (χ1) is 15.4. The molecule has 1 aromatic heterocycles. The number of ether oxygens (including phenoxy) is 1. The highest BCUT2D eigenvalue weighted by molar-refractivity contribution is 7.99. The third-order valence-electron chi connectivity index (χ3n) is 4.68. The second kappa shape index (κ2) is 11.5. The number of carboxylic acid groups (broad SMARTS) is 1. The van der Waals surface area contributed by atoms with Crippen LogP contribution in [0.15, 0.2) is 76.9 Å². The Kier molecular flexibility index (Phi) is 8.47. The molecule has 1 heterocycles. The predicted molar refractivity (Wildman–Crippen MR) is 123 cm³/mol. The predicted octanol–water partition coefficient (Wildman–Crippen LogP) is 5.07. The van der Waals surface area contributed by atoms with Crippen LogP contribution in [-0.2, 0) is 18.1 Å². The highest BCUT2D eigenvalue weighted by atomic mass is 32.2. The van der Waals surface area contributed by atoms with Crippen LogP contribution in [0.4, 0.5) is 4.79 Å². The Hall–Kier alpha value is -3.10. The normalized spacial score (nSPS) is 12.0. The van der Waals surface area contributed by atoms with Crippen molar-refractivity contribution >= 4 is 23.6 Å². The summed E-state index contributed by atoms with van der Waals surface area (Å²) in [5.74, 6) is -0.184. The minimum atomic E-state index is -1.23. The first kappa shape index (κ1) is 23.6. The number of benzene rings is 2. The molecule has 32 heavy (non-hydrogen) atoms. The molecule has 0 radical (unpaired) electrons. The van der Waals surface area contributed by atoms with Crippen LogP contribution in [0, 0.1) is 5.92 Å². The van der Waals surface area contributed by atoms with Gasteiger partial charge < -0.3 is 15.2 Å². The van der Waals surface area contributed by atoms with Crippen LogP contribution in [0.5, 0.6) is 0 Å². The number of carbonyl (C=O) groups is 2. The molecule has 2 aromatic carbocycles. The van der Waals surface area contributed by atoms with Crippen LogP contribution in [0.25, 0.3) is 0 Å². The summed E-state index contributed by atoms with van der Waals surface area (Å²) in [4.78, 5) is 30.0. The second-order valence-electron chi connectivity index (χ2n) is 7.73. The van der Waals surface area contributed by atoms with Crippen molar-refractivity contribution in [2.45, 2.75) is 49.7 Å². The summed E-state index contributed by atoms with van der Waals surface area (Å²) in [7, 11) is 0. The van der Waals surface area contributed by atoms with E-state index in [1.807, 2.05) is 74.5 Å². The van der Waals surface area contributed by atoms with Crippen LogP contribution in [0.1, 0.15) is 36.3 Å². The van der Waals surface area contributed by atoms with E-state index < -0.39 is 12.1 Å². The number of nitrogens with one attached hydrogen (secondary N) is 1. The molecular weight excluding hydrogens is 426 g/mol. The van der Waals surface area contributed by atoms with Crippen LogP contribution < -0.4 is 5.32 Å². The molecule has 0 aliphatic carbocycles. The molecular formula is C24H27N3O4S. The van der Waals surface area contributed by atoms with Gasteiger partial charge in [0.25, 0.3) is 0 Å². The van der Waals surface area contributed by atoms with Gasteiger partial charge in [-0.15, -0.1) is 0 Å². The third kappa shape index (κ3) is 6.70. The Balaban J connectivity index is 1.86. The van der Waals surface area contributed by atoms with E-state index in [4.69, 9.17) is 4.74 Å². The van der Waals surface area contributed by atoms with Crippen LogP contribution in [-0.4, -0.2) is 32.6 Å². The fraction of sp³-hybridized carbons (Fsp3) is 0.292. The van der Waals surface area contributed by atoms with Gasteiger partial charge in [-0.3, -0.25) is 9.36 Å². The number of imidazole rings is 1. The smallest absolute Gasteiger partial charge is 0.405 e. The van der Waals surface area contributed by atoms with Gasteiger partial charge in [0, 0.05) is 4.90 Å². The van der Waals surface area contributed by atoms with Crippen molar-refractivity contribution in [3.05, 3.63) is 78.1 Å². The average molecular weight is 454 g/mol. The van der Waals surface area contributed by atoms with Crippen molar-refractivity contribution in [3.63, 3.8) is 0 Å². The highest BCUT2D eigenvalue weighted by Crippen LogP contribution is 2.28. The topological polar surface area (TPSA) is 93.5 Å². The number of nitrogens with zero attached hydrogens (tertiary/aromatic N) is 2. The molecule has 0 bridgehead atoms. The van der Waals surface area contributed by atoms with E-state index in [1.54, 1.807) is 4.57 Å². The molecule has 3 aromatic rings. The summed E-state index contributed by atoms with van der Waals surface area (Å²) >= 11 is 1.42. The lowest BCUT2D eigenvalue weighted by Crippen LogP contribution is -2.41. The van der Waals surface area contributed by atoms with Crippen molar-refractivity contribution in [2.24, 2.45) is 5.92 Å². The number of rotatable bonds is 11. The molecule has 168 valence electrons. The van der Waals surface area contributed by atoms with Gasteiger partial charge in [-0.1, -0.05) is 74.1 Å². The van der Waals surface area contributed by atoms with E-state index in [-0.39, 0.29) is 18.4 Å². The molecule has 0 saturated carbocycles. The maximum atomic E-state index is 13.3. The minimum Gasteiger partial charge on any atom is -0.465 e. The number of aromatic nitrogens is 2. The summed E-state index contributed by atoms with van der Waals surface area (Å²) < 4.78 is 7.60. The summed E-state index contributed by atoms with van der Waals surface area (Å²) in [6, 6.07) is 18.6. The van der Waals surface area contributed by atoms with Gasteiger partial charge in [-0.2, -0.15) is 0 Å². The molecule has 0 unspecified atom stereocenters. The first-order valence-corrected chi connectivity index (χ1v) is 11.2. The molecule has 0 saturated heterocycles. The van der Waals surface area contributed by atoms with E-state index in [9.17, 15) is 14.7 Å². The van der Waals surface area contributed by atoms with Crippen LogP contribution in [0.2, 0.25) is 0 Å². The van der Waals surface area contributed by atoms with E-state index >= 15 is 0 Å². The molecule has 0 aliphatic heterocycles. The van der Waals surface area contributed by atoms with Crippen LogP contribution in [0.3, 0.4) is 0 Å². The van der Waals surface area contributed by atoms with Gasteiger partial charge in [0.2, 0.25) is 5.78 Å². The number of hydrogen-bond donors (Lipinski definition) is 2. The van der Waals surface area contributed by atoms with Crippen molar-refractivity contribution in [2.75, 3.05) is 0 Å². The number of Topliss-reactive ketones (excluding diaryl/α,β-unsaturated/α-hetero) is 1. The standard InChI is InChI=1S/C24H27N3O4S/c1-17(2)13-20(26-24(29)30)22(28)21-14-25-23(32-19-11-7-4-8-12-19)27(21)16-31-15-18-9-5-3-6-10-18/h3-12,14,17,20,26H,13,15-16H2,1-2H3,(H,29,30)/t20-/m0/s1. The Labute approximate surface area is 191 Å². The monoisotopic (exact) mass is 453 g/mol. The molecule has 7 nitrogen and oxygen atoms in total. The fourth-order valence-corrected chi connectivity index (χ4v) is 4.09. The average Bonchev–Trinajstić information content (AvgIpc) is 3.16. The fourth-order valence-electron chi connectivity index (χ4n) is 3.22. The summed E-state index contributed by atoms with van der Waals surface area (Å²) in [5.41, 5.74) is 1.33. The van der Waals surface area contributed by atoms with Gasteiger partial charge in [0.05, 0.1) is 18.8 Å². The second-order valence-corrected chi connectivity index (χ2v) is 8.77. The lowest BCUT2D eigenvalue weighted by Gasteiger charge is -2.19. The lowest BCUT2D eigenvalue weighted by molar-refractivity contribution is 0.0551. The minimum absolute atomic E-state index is 0.118. The SMILES string of the molecule is CC(C)C[C@H](NC(=O)O)C(=O)c1cnc(Sc2ccccc2)n1COCc1ccccc1. The maximum Gasteiger partial charge on any atom is 0.405 e. The molecule has 3 rings (SSSR count). The number of ketones is 1. The molecule has 0 spiro atoms. The molecule has 0 aliphatic rings. The van der Waals surface area contributed by atoms with E-state index in [1.165, 1.54) is 18.0 Å². The largest absolute Gasteiger partial charge is 0.465 e. The summed E-state index contributed by atoms with van der Waals surface area (Å²) in [6.45, 7) is 4.39. The van der Waals surface area contributed by atoms with Gasteiger partial charge >= 0.3 is 6.09 Å². The van der Waals surface area contributed by atoms with Gasteiger partial charge in [0.1, 0.15) is 12.4 Å². The highest BCUT2D eigenvalue weighted by Gasteiger charge is 2.27. The zero-order valence-corrected chi connectivity index (χ0v) is 18.9.